The molecule has 2 N–H and O–H groups in total. The van der Waals surface area contributed by atoms with Crippen molar-refractivity contribution in [3.63, 3.8) is 0 Å². The topological polar surface area (TPSA) is 40.5 Å². The number of hydrogen-bond acceptors (Lipinski definition) is 2. The van der Waals surface area contributed by atoms with Crippen molar-refractivity contribution in [1.82, 2.24) is 0 Å². The van der Waals surface area contributed by atoms with E-state index in [9.17, 15) is 9.79 Å². The average Bonchev–Trinajstić information content (AvgIpc) is 2.12. The number of rotatable bonds is 9. The van der Waals surface area contributed by atoms with Crippen LogP contribution in [0.2, 0.25) is 0 Å². The van der Waals surface area contributed by atoms with Crippen LogP contribution in [-0.4, -0.2) is 15.0 Å². The molecule has 92 valence electrons. The van der Waals surface area contributed by atoms with Crippen molar-refractivity contribution in [3.05, 3.63) is 0 Å². The van der Waals surface area contributed by atoms with Gasteiger partial charge < -0.3 is 9.79 Å². The van der Waals surface area contributed by atoms with E-state index in [4.69, 9.17) is 0 Å². The van der Waals surface area contributed by atoms with Gasteiger partial charge in [-0.15, -0.1) is 0 Å². The van der Waals surface area contributed by atoms with E-state index < -0.39 is 5.69 Å². The second-order valence-electron chi connectivity index (χ2n) is 3.86. The third kappa shape index (κ3) is 11.2. The summed E-state index contributed by atoms with van der Waals surface area (Å²) in [5, 5.41) is 0.345. The molecule has 0 aliphatic heterocycles. The average molecular weight is 270 g/mol. The van der Waals surface area contributed by atoms with Crippen molar-refractivity contribution in [2.24, 2.45) is 0 Å². The van der Waals surface area contributed by atoms with Gasteiger partial charge in [-0.2, -0.15) is 0 Å². The molecule has 0 aromatic heterocycles. The zero-order chi connectivity index (χ0) is 11.7. The Labute approximate surface area is 103 Å². The summed E-state index contributed by atoms with van der Waals surface area (Å²) in [5.74, 6) is 0. The lowest BCUT2D eigenvalue weighted by molar-refractivity contribution is 0.500. The predicted octanol–water partition coefficient (Wildman–Crippen LogP) is 4.07. The van der Waals surface area contributed by atoms with Gasteiger partial charge in [-0.3, -0.25) is 0 Å². The van der Waals surface area contributed by atoms with Crippen LogP contribution in [0.3, 0.4) is 0 Å². The maximum Gasteiger partial charge on any atom is 0.242 e. The summed E-state index contributed by atoms with van der Waals surface area (Å²) in [7, 11) is 0. The lowest BCUT2D eigenvalue weighted by atomic mass is 10.1. The van der Waals surface area contributed by atoms with Crippen molar-refractivity contribution in [3.8, 4) is 0 Å². The molecule has 0 aromatic rings. The molecule has 0 saturated heterocycles. The molecule has 0 rings (SSSR count). The second-order valence-corrected chi connectivity index (χ2v) is 10.1. The minimum absolute atomic E-state index is 0.345. The zero-order valence-electron chi connectivity index (χ0n) is 9.69. The third-order valence-electron chi connectivity index (χ3n) is 2.30. The summed E-state index contributed by atoms with van der Waals surface area (Å²) < 4.78 is 0. The molecule has 2 nitrogen and oxygen atoms in total. The highest BCUT2D eigenvalue weighted by Gasteiger charge is 2.17. The molecule has 1 atom stereocenters. The summed E-state index contributed by atoms with van der Waals surface area (Å²) in [6, 6.07) is 0. The molecular formula is C10H23O2PS2. The van der Waals surface area contributed by atoms with Gasteiger partial charge in [0.2, 0.25) is 5.69 Å². The highest BCUT2D eigenvalue weighted by atomic mass is 32.9. The first-order valence-corrected chi connectivity index (χ1v) is 9.92. The number of unbranched alkanes of at least 4 members (excludes halogenated alkanes) is 3. The van der Waals surface area contributed by atoms with Gasteiger partial charge in [0.05, 0.1) is 0 Å². The SMILES string of the molecule is CCCCCC(CCCC)SP(O)(O)=S. The van der Waals surface area contributed by atoms with Crippen molar-refractivity contribution in [1.29, 1.82) is 0 Å². The highest BCUT2D eigenvalue weighted by molar-refractivity contribution is 8.67. The molecule has 15 heavy (non-hydrogen) atoms. The summed E-state index contributed by atoms with van der Waals surface area (Å²) in [5.41, 5.74) is -3.06. The van der Waals surface area contributed by atoms with Gasteiger partial charge in [0, 0.05) is 5.25 Å². The molecule has 5 heteroatoms. The first-order chi connectivity index (χ1) is 6.99. The van der Waals surface area contributed by atoms with Crippen LogP contribution in [0.15, 0.2) is 0 Å². The van der Waals surface area contributed by atoms with E-state index in [0.717, 1.165) is 25.7 Å². The smallest absolute Gasteiger partial charge is 0.242 e. The molecule has 0 amide bonds. The van der Waals surface area contributed by atoms with Gasteiger partial charge in [0.15, 0.2) is 0 Å². The van der Waals surface area contributed by atoms with Gasteiger partial charge in [0.1, 0.15) is 0 Å². The Morgan fingerprint density at radius 2 is 1.60 bits per heavy atom. The minimum Gasteiger partial charge on any atom is -0.338 e. The standard InChI is InChI=1S/C10H23O2PS2/c1-3-5-7-9-10(8-6-4-2)15-13(11,12)14/h10H,3-9H2,1-2H3,(H2,11,12,14). The van der Waals surface area contributed by atoms with E-state index in [2.05, 4.69) is 25.7 Å². The maximum atomic E-state index is 9.29. The van der Waals surface area contributed by atoms with Crippen LogP contribution in [-0.2, 0) is 11.8 Å². The normalized spacial score (nSPS) is 14.1. The van der Waals surface area contributed by atoms with E-state index in [-0.39, 0.29) is 0 Å². The highest BCUT2D eigenvalue weighted by Crippen LogP contribution is 2.54. The molecule has 0 aliphatic rings. The van der Waals surface area contributed by atoms with Gasteiger partial charge in [-0.1, -0.05) is 57.3 Å². The van der Waals surface area contributed by atoms with Crippen LogP contribution in [0.25, 0.3) is 0 Å². The Kier molecular flexibility index (Phi) is 9.55. The molecule has 0 spiro atoms. The molecule has 0 radical (unpaired) electrons. The van der Waals surface area contributed by atoms with E-state index in [1.165, 1.54) is 30.6 Å². The van der Waals surface area contributed by atoms with Crippen LogP contribution in [0.1, 0.15) is 58.8 Å². The Balaban J connectivity index is 3.89. The van der Waals surface area contributed by atoms with Gasteiger partial charge in [0.25, 0.3) is 0 Å². The Morgan fingerprint density at radius 1 is 1.07 bits per heavy atom. The monoisotopic (exact) mass is 270 g/mol. The predicted molar refractivity (Wildman–Crippen MR) is 73.8 cm³/mol. The van der Waals surface area contributed by atoms with E-state index in [1.54, 1.807) is 0 Å². The third-order valence-corrected chi connectivity index (χ3v) is 5.83. The Hall–Kier alpha value is 0.920. The summed E-state index contributed by atoms with van der Waals surface area (Å²) in [4.78, 5) is 18.6. The van der Waals surface area contributed by atoms with Crippen molar-refractivity contribution < 1.29 is 9.79 Å². The largest absolute Gasteiger partial charge is 0.338 e. The number of hydrogen-bond donors (Lipinski definition) is 2. The summed E-state index contributed by atoms with van der Waals surface area (Å²) >= 11 is 5.90. The van der Waals surface area contributed by atoms with Crippen molar-refractivity contribution >= 4 is 28.9 Å². The molecule has 0 aliphatic carbocycles. The fourth-order valence-electron chi connectivity index (χ4n) is 1.50. The van der Waals surface area contributed by atoms with Gasteiger partial charge in [-0.05, 0) is 24.6 Å². The maximum absolute atomic E-state index is 9.29. The van der Waals surface area contributed by atoms with Crippen LogP contribution in [0.4, 0.5) is 0 Å². The van der Waals surface area contributed by atoms with Crippen LogP contribution in [0, 0.1) is 0 Å². The quantitative estimate of drug-likeness (QED) is 0.489. The Morgan fingerprint density at radius 3 is 2.07 bits per heavy atom. The van der Waals surface area contributed by atoms with Crippen molar-refractivity contribution in [2.75, 3.05) is 0 Å². The molecule has 0 heterocycles. The lowest BCUT2D eigenvalue weighted by Gasteiger charge is -2.18. The van der Waals surface area contributed by atoms with Crippen LogP contribution < -0.4 is 0 Å². The molecule has 0 aromatic carbocycles. The van der Waals surface area contributed by atoms with E-state index in [1.807, 2.05) is 0 Å². The second kappa shape index (κ2) is 9.00. The lowest BCUT2D eigenvalue weighted by Crippen LogP contribution is -2.02. The van der Waals surface area contributed by atoms with Crippen LogP contribution in [0.5, 0.6) is 0 Å². The zero-order valence-corrected chi connectivity index (χ0v) is 12.2. The van der Waals surface area contributed by atoms with Gasteiger partial charge in [-0.25, -0.2) is 0 Å². The molecular weight excluding hydrogens is 247 g/mol. The summed E-state index contributed by atoms with van der Waals surface area (Å²) in [6.07, 6.45) is 8.04. The summed E-state index contributed by atoms with van der Waals surface area (Å²) in [6.45, 7) is 4.33. The minimum atomic E-state index is -3.06. The molecule has 0 fully saturated rings. The Bertz CT molecular complexity index is 194. The molecule has 0 bridgehead atoms. The van der Waals surface area contributed by atoms with Crippen molar-refractivity contribution in [2.45, 2.75) is 64.0 Å². The molecule has 1 unspecified atom stereocenters. The fraction of sp³-hybridized carbons (Fsp3) is 1.00. The first-order valence-electron chi connectivity index (χ1n) is 5.73. The first kappa shape index (κ1) is 15.9. The molecule has 0 saturated carbocycles. The van der Waals surface area contributed by atoms with Crippen LogP contribution >= 0.6 is 17.1 Å². The van der Waals surface area contributed by atoms with E-state index >= 15 is 0 Å². The van der Waals surface area contributed by atoms with E-state index in [0.29, 0.717) is 5.25 Å². The van der Waals surface area contributed by atoms with Gasteiger partial charge >= 0.3 is 0 Å². The fourth-order valence-corrected chi connectivity index (χ4v) is 5.32.